The molecule has 1 saturated heterocycles. The van der Waals surface area contributed by atoms with Crippen molar-refractivity contribution in [3.8, 4) is 11.3 Å². The first kappa shape index (κ1) is 22.4. The number of hydrogen-bond donors (Lipinski definition) is 0. The van der Waals surface area contributed by atoms with Gasteiger partial charge in [0, 0.05) is 17.7 Å². The van der Waals surface area contributed by atoms with Gasteiger partial charge in [0.15, 0.2) is 0 Å². The van der Waals surface area contributed by atoms with Crippen LogP contribution >= 0.6 is 46.6 Å². The van der Waals surface area contributed by atoms with E-state index in [1.165, 1.54) is 18.2 Å². The Balaban J connectivity index is 1.55. The summed E-state index contributed by atoms with van der Waals surface area (Å²) in [5.74, 6) is 0.204. The first-order valence-electron chi connectivity index (χ1n) is 8.96. The number of nitro benzene ring substituents is 1. The third-order valence-electron chi connectivity index (χ3n) is 4.53. The van der Waals surface area contributed by atoms with Crippen LogP contribution in [0.5, 0.6) is 0 Å². The molecule has 3 aromatic rings. The van der Waals surface area contributed by atoms with E-state index in [4.69, 9.17) is 39.2 Å². The van der Waals surface area contributed by atoms with E-state index < -0.39 is 16.1 Å². The van der Waals surface area contributed by atoms with Gasteiger partial charge >= 0.3 is 0 Å². The number of nitrogens with zero attached hydrogens (tertiary/aromatic N) is 2. The number of nitro groups is 1. The van der Waals surface area contributed by atoms with Gasteiger partial charge in [-0.2, -0.15) is 0 Å². The molecule has 4 rings (SSSR count). The molecule has 32 heavy (non-hydrogen) atoms. The zero-order valence-electron chi connectivity index (χ0n) is 15.9. The largest absolute Gasteiger partial charge is 0.457 e. The second kappa shape index (κ2) is 8.99. The Labute approximate surface area is 200 Å². The molecule has 0 atom stereocenters. The van der Waals surface area contributed by atoms with Gasteiger partial charge in [-0.05, 0) is 53.7 Å². The SMILES string of the molecule is O=C1S/C(=C\c2ccc(-c3ccc(Cl)c([N+](=O)[O-])c3)o2)C(=O)N1Cc1ccc(Cl)c(Cl)c1. The van der Waals surface area contributed by atoms with E-state index >= 15 is 0 Å². The van der Waals surface area contributed by atoms with Crippen molar-refractivity contribution in [2.75, 3.05) is 0 Å². The molecule has 1 aromatic heterocycles. The topological polar surface area (TPSA) is 93.7 Å². The molecular formula is C21H11Cl3N2O5S. The van der Waals surface area contributed by atoms with Crippen molar-refractivity contribution in [2.45, 2.75) is 6.54 Å². The first-order valence-corrected chi connectivity index (χ1v) is 10.9. The van der Waals surface area contributed by atoms with Gasteiger partial charge in [-0.15, -0.1) is 0 Å². The number of amides is 2. The third kappa shape index (κ3) is 4.54. The van der Waals surface area contributed by atoms with Crippen LogP contribution in [0.1, 0.15) is 11.3 Å². The predicted molar refractivity (Wildman–Crippen MR) is 124 cm³/mol. The Morgan fingerprint density at radius 1 is 1.00 bits per heavy atom. The molecule has 0 unspecified atom stereocenters. The minimum atomic E-state index is -0.584. The number of hydrogen-bond acceptors (Lipinski definition) is 6. The van der Waals surface area contributed by atoms with Crippen LogP contribution in [-0.2, 0) is 11.3 Å². The minimum absolute atomic E-state index is 0.0150. The molecule has 2 amide bonds. The van der Waals surface area contributed by atoms with Crippen molar-refractivity contribution in [1.82, 2.24) is 4.90 Å². The van der Waals surface area contributed by atoms with Gasteiger partial charge in [0.2, 0.25) is 0 Å². The van der Waals surface area contributed by atoms with E-state index in [9.17, 15) is 19.7 Å². The van der Waals surface area contributed by atoms with Gasteiger partial charge < -0.3 is 4.42 Å². The smallest absolute Gasteiger partial charge is 0.293 e. The Hall–Kier alpha value is -2.78. The van der Waals surface area contributed by atoms with E-state index in [1.807, 2.05) is 0 Å². The van der Waals surface area contributed by atoms with Crippen LogP contribution in [0.2, 0.25) is 15.1 Å². The van der Waals surface area contributed by atoms with Crippen LogP contribution in [0.25, 0.3) is 17.4 Å². The van der Waals surface area contributed by atoms with Gasteiger partial charge in [-0.25, -0.2) is 0 Å². The number of carbonyl (C=O) groups is 2. The molecule has 11 heteroatoms. The monoisotopic (exact) mass is 508 g/mol. The molecule has 0 N–H and O–H groups in total. The van der Waals surface area contributed by atoms with E-state index in [1.54, 1.807) is 36.4 Å². The summed E-state index contributed by atoms with van der Waals surface area (Å²) in [6, 6.07) is 12.4. The fourth-order valence-corrected chi connectivity index (χ4v) is 4.30. The van der Waals surface area contributed by atoms with Crippen LogP contribution in [-0.4, -0.2) is 21.0 Å². The van der Waals surface area contributed by atoms with Crippen LogP contribution in [0, 0.1) is 10.1 Å². The van der Waals surface area contributed by atoms with Crippen molar-refractivity contribution in [3.05, 3.63) is 89.9 Å². The van der Waals surface area contributed by atoms with E-state index in [2.05, 4.69) is 0 Å². The molecule has 1 fully saturated rings. The lowest BCUT2D eigenvalue weighted by Crippen LogP contribution is -2.27. The number of imide groups is 1. The molecule has 2 heterocycles. The molecule has 0 aliphatic carbocycles. The molecule has 0 radical (unpaired) electrons. The number of furan rings is 1. The summed E-state index contributed by atoms with van der Waals surface area (Å²) < 4.78 is 5.70. The lowest BCUT2D eigenvalue weighted by atomic mass is 10.1. The maximum atomic E-state index is 12.7. The Morgan fingerprint density at radius 3 is 2.47 bits per heavy atom. The number of rotatable bonds is 5. The molecule has 1 aliphatic heterocycles. The summed E-state index contributed by atoms with van der Waals surface area (Å²) in [6.45, 7) is 0.0523. The predicted octanol–water partition coefficient (Wildman–Crippen LogP) is 7.05. The second-order valence-corrected chi connectivity index (χ2v) is 8.86. The van der Waals surface area contributed by atoms with Crippen molar-refractivity contribution >= 4 is 69.5 Å². The summed E-state index contributed by atoms with van der Waals surface area (Å²) in [4.78, 5) is 36.9. The van der Waals surface area contributed by atoms with E-state index in [-0.39, 0.29) is 22.2 Å². The quantitative estimate of drug-likeness (QED) is 0.208. The standard InChI is InChI=1S/C21H11Cl3N2O5S/c22-14-4-1-11(7-16(14)24)10-25-20(27)19(32-21(25)28)9-13-3-6-18(31-13)12-2-5-15(23)17(8-12)26(29)30/h1-9H,10H2/b19-9-. The Morgan fingerprint density at radius 2 is 1.75 bits per heavy atom. The lowest BCUT2D eigenvalue weighted by molar-refractivity contribution is -0.384. The highest BCUT2D eigenvalue weighted by molar-refractivity contribution is 8.18. The normalized spacial score (nSPS) is 15.1. The second-order valence-electron chi connectivity index (χ2n) is 6.64. The van der Waals surface area contributed by atoms with Crippen molar-refractivity contribution in [2.24, 2.45) is 0 Å². The van der Waals surface area contributed by atoms with Gasteiger partial charge in [0.25, 0.3) is 16.8 Å². The minimum Gasteiger partial charge on any atom is -0.457 e. The van der Waals surface area contributed by atoms with E-state index in [0.717, 1.165) is 16.7 Å². The van der Waals surface area contributed by atoms with E-state index in [0.29, 0.717) is 32.7 Å². The van der Waals surface area contributed by atoms with Crippen LogP contribution < -0.4 is 0 Å². The van der Waals surface area contributed by atoms with Crippen LogP contribution in [0.15, 0.2) is 57.9 Å². The van der Waals surface area contributed by atoms with Gasteiger partial charge in [0.05, 0.1) is 26.4 Å². The Bertz CT molecular complexity index is 1300. The summed E-state index contributed by atoms with van der Waals surface area (Å²) in [7, 11) is 0. The number of benzene rings is 2. The maximum Gasteiger partial charge on any atom is 0.293 e. The molecule has 7 nitrogen and oxygen atoms in total. The summed E-state index contributed by atoms with van der Waals surface area (Å²) >= 11 is 18.5. The zero-order chi connectivity index (χ0) is 23.0. The third-order valence-corrected chi connectivity index (χ3v) is 6.49. The van der Waals surface area contributed by atoms with Gasteiger partial charge in [-0.3, -0.25) is 24.6 Å². The maximum absolute atomic E-state index is 12.7. The van der Waals surface area contributed by atoms with Crippen LogP contribution in [0.3, 0.4) is 0 Å². The highest BCUT2D eigenvalue weighted by Crippen LogP contribution is 2.36. The Kier molecular flexibility index (Phi) is 6.30. The molecule has 2 aromatic carbocycles. The van der Waals surface area contributed by atoms with Crippen molar-refractivity contribution < 1.29 is 18.9 Å². The summed E-state index contributed by atoms with van der Waals surface area (Å²) in [5.41, 5.74) is 0.867. The van der Waals surface area contributed by atoms with Crippen molar-refractivity contribution in [3.63, 3.8) is 0 Å². The number of halogens is 3. The lowest BCUT2D eigenvalue weighted by Gasteiger charge is -2.12. The summed E-state index contributed by atoms with van der Waals surface area (Å²) in [6.07, 6.45) is 1.45. The molecular weight excluding hydrogens is 499 g/mol. The van der Waals surface area contributed by atoms with Crippen LogP contribution in [0.4, 0.5) is 10.5 Å². The molecule has 0 bridgehead atoms. The molecule has 162 valence electrons. The highest BCUT2D eigenvalue weighted by atomic mass is 35.5. The van der Waals surface area contributed by atoms with Crippen molar-refractivity contribution in [1.29, 1.82) is 0 Å². The number of thioether (sulfide) groups is 1. The average molecular weight is 510 g/mol. The molecule has 0 spiro atoms. The van der Waals surface area contributed by atoms with Gasteiger partial charge in [0.1, 0.15) is 16.5 Å². The number of carbonyl (C=O) groups excluding carboxylic acids is 2. The molecule has 0 saturated carbocycles. The fraction of sp³-hybridized carbons (Fsp3) is 0.0476. The highest BCUT2D eigenvalue weighted by Gasteiger charge is 2.35. The first-order chi connectivity index (χ1) is 15.2. The average Bonchev–Trinajstić information content (AvgIpc) is 3.31. The summed E-state index contributed by atoms with van der Waals surface area (Å²) in [5, 5.41) is 11.4. The zero-order valence-corrected chi connectivity index (χ0v) is 19.0. The van der Waals surface area contributed by atoms with Gasteiger partial charge in [-0.1, -0.05) is 40.9 Å². The molecule has 1 aliphatic rings. The fourth-order valence-electron chi connectivity index (χ4n) is 2.98.